The van der Waals surface area contributed by atoms with Crippen molar-refractivity contribution in [3.63, 3.8) is 0 Å². The molecule has 12 nitrogen and oxygen atoms in total. The minimum Gasteiger partial charge on any atom is -0.493 e. The van der Waals surface area contributed by atoms with Crippen LogP contribution in [0.15, 0.2) is 24.3 Å². The molecule has 0 aromatic heterocycles. The van der Waals surface area contributed by atoms with Crippen molar-refractivity contribution >= 4 is 47.7 Å². The number of rotatable bonds is 16. The van der Waals surface area contributed by atoms with Crippen molar-refractivity contribution in [1.82, 2.24) is 9.80 Å². The summed E-state index contributed by atoms with van der Waals surface area (Å²) in [5.41, 5.74) is 3.43. The Morgan fingerprint density at radius 3 is 1.52 bits per heavy atom. The van der Waals surface area contributed by atoms with Gasteiger partial charge in [0.1, 0.15) is 37.9 Å². The van der Waals surface area contributed by atoms with E-state index in [2.05, 4.69) is 6.58 Å². The first-order valence-corrected chi connectivity index (χ1v) is 14.3. The van der Waals surface area contributed by atoms with Crippen LogP contribution in [0.25, 0.3) is 0 Å². The van der Waals surface area contributed by atoms with E-state index >= 15 is 0 Å². The zero-order valence-corrected chi connectivity index (χ0v) is 25.7. The normalized spacial score (nSPS) is 15.5. The van der Waals surface area contributed by atoms with Gasteiger partial charge in [-0.15, -0.1) is 0 Å². The van der Waals surface area contributed by atoms with E-state index in [0.717, 1.165) is 11.1 Å². The number of carboxylic acids is 2. The number of carboxylic acid groups (broad SMARTS) is 2. The summed E-state index contributed by atoms with van der Waals surface area (Å²) in [5, 5.41) is 19.7. The Labute approximate surface area is 263 Å². The van der Waals surface area contributed by atoms with Crippen molar-refractivity contribution in [3.05, 3.63) is 56.6 Å². The number of carbonyl (C=O) groups is 4. The number of aliphatic carboxylic acids is 2. The number of hydrogen-bond acceptors (Lipinski definition) is 10. The molecule has 2 N–H and O–H groups in total. The van der Waals surface area contributed by atoms with E-state index in [9.17, 15) is 29.4 Å². The van der Waals surface area contributed by atoms with Crippen LogP contribution in [0.4, 0.5) is 0 Å². The Morgan fingerprint density at radius 2 is 1.20 bits per heavy atom. The molecule has 2 aliphatic heterocycles. The monoisotopic (exact) mass is 650 g/mol. The van der Waals surface area contributed by atoms with Crippen molar-refractivity contribution in [2.24, 2.45) is 0 Å². The van der Waals surface area contributed by atoms with Crippen LogP contribution in [0.2, 0.25) is 10.0 Å². The van der Waals surface area contributed by atoms with E-state index in [1.807, 2.05) is 0 Å². The van der Waals surface area contributed by atoms with Crippen molar-refractivity contribution in [2.45, 2.75) is 51.1 Å². The van der Waals surface area contributed by atoms with Crippen LogP contribution in [-0.2, 0) is 45.4 Å². The average molecular weight is 651 g/mol. The topological polar surface area (TPSA) is 152 Å². The van der Waals surface area contributed by atoms with Gasteiger partial charge in [0, 0.05) is 39.0 Å². The van der Waals surface area contributed by atoms with Crippen LogP contribution in [0.5, 0.6) is 23.0 Å². The number of halogens is 2. The number of aldehydes is 2. The third-order valence-corrected chi connectivity index (χ3v) is 8.40. The molecule has 2 atom stereocenters. The number of fused-ring (bicyclic) bond motifs is 2. The molecule has 2 unspecified atom stereocenters. The van der Waals surface area contributed by atoms with Gasteiger partial charge in [-0.05, 0) is 40.0 Å². The molecule has 14 heteroatoms. The van der Waals surface area contributed by atoms with E-state index in [0.29, 0.717) is 40.8 Å². The summed E-state index contributed by atoms with van der Waals surface area (Å²) in [6, 6.07) is 1.50. The van der Waals surface area contributed by atoms with Gasteiger partial charge >= 0.3 is 11.9 Å². The van der Waals surface area contributed by atoms with Gasteiger partial charge < -0.3 is 38.7 Å². The summed E-state index contributed by atoms with van der Waals surface area (Å²) >= 11 is 13.4. The highest BCUT2D eigenvalue weighted by molar-refractivity contribution is 6.33. The summed E-state index contributed by atoms with van der Waals surface area (Å²) in [4.78, 5) is 48.8. The van der Waals surface area contributed by atoms with Gasteiger partial charge in [-0.1, -0.05) is 29.8 Å². The molecule has 0 saturated carbocycles. The second-order valence-electron chi connectivity index (χ2n) is 10.4. The fraction of sp³-hybridized carbons (Fsp3) is 0.400. The highest BCUT2D eigenvalue weighted by Crippen LogP contribution is 2.45. The van der Waals surface area contributed by atoms with Crippen LogP contribution in [0, 0.1) is 0 Å². The van der Waals surface area contributed by atoms with E-state index in [1.54, 1.807) is 21.9 Å². The van der Waals surface area contributed by atoms with Gasteiger partial charge in [0.15, 0.2) is 23.0 Å². The lowest BCUT2D eigenvalue weighted by Gasteiger charge is -2.21. The van der Waals surface area contributed by atoms with Gasteiger partial charge in [-0.25, -0.2) is 0 Å². The smallest absolute Gasteiger partial charge is 0.321 e. The maximum absolute atomic E-state index is 11.7. The van der Waals surface area contributed by atoms with Crippen LogP contribution < -0.4 is 18.9 Å². The third kappa shape index (κ3) is 6.78. The van der Waals surface area contributed by atoms with Gasteiger partial charge in [-0.3, -0.25) is 19.4 Å². The van der Waals surface area contributed by atoms with Crippen molar-refractivity contribution in [3.8, 4) is 23.0 Å². The molecule has 0 fully saturated rings. The quantitative estimate of drug-likeness (QED) is 0.201. The first-order chi connectivity index (χ1) is 21.0. The van der Waals surface area contributed by atoms with Gasteiger partial charge in [0.25, 0.3) is 0 Å². The predicted octanol–water partition coefficient (Wildman–Crippen LogP) is 3.74. The maximum Gasteiger partial charge on any atom is 0.321 e. The first kappa shape index (κ1) is 33.1. The molecule has 2 aromatic rings. The van der Waals surface area contributed by atoms with Gasteiger partial charge in [-0.2, -0.15) is 0 Å². The van der Waals surface area contributed by atoms with Crippen molar-refractivity contribution in [2.75, 3.05) is 27.4 Å². The summed E-state index contributed by atoms with van der Waals surface area (Å²) in [5.74, 6) is -0.965. The minimum absolute atomic E-state index is 0.00782. The Kier molecular flexibility index (Phi) is 10.7. The summed E-state index contributed by atoms with van der Waals surface area (Å²) in [6.45, 7) is 5.02. The van der Waals surface area contributed by atoms with Crippen LogP contribution >= 0.6 is 23.2 Å². The van der Waals surface area contributed by atoms with E-state index in [4.69, 9.17) is 42.1 Å². The number of hydrogen-bond donors (Lipinski definition) is 2. The van der Waals surface area contributed by atoms with Crippen LogP contribution in [0.3, 0.4) is 0 Å². The Balaban J connectivity index is 1.45. The number of methoxy groups -OCH3 is 2. The van der Waals surface area contributed by atoms with E-state index < -0.39 is 24.0 Å². The Hall–Kier alpha value is -3.84. The molecule has 0 aliphatic carbocycles. The fourth-order valence-electron chi connectivity index (χ4n) is 5.37. The predicted molar refractivity (Wildman–Crippen MR) is 159 cm³/mol. The third-order valence-electron chi connectivity index (χ3n) is 7.60. The molecule has 0 radical (unpaired) electrons. The number of nitrogens with zero attached hydrogens (tertiary/aromatic N) is 2. The first-order valence-electron chi connectivity index (χ1n) is 13.5. The maximum atomic E-state index is 11.7. The average Bonchev–Trinajstić information content (AvgIpc) is 3.61. The van der Waals surface area contributed by atoms with Crippen molar-refractivity contribution in [1.29, 1.82) is 0 Å². The number of ether oxygens (including phenoxy) is 4. The highest BCUT2D eigenvalue weighted by Gasteiger charge is 2.35. The molecule has 0 spiro atoms. The minimum atomic E-state index is -1.10. The molecule has 2 aromatic carbocycles. The highest BCUT2D eigenvalue weighted by atomic mass is 35.5. The zero-order chi connectivity index (χ0) is 32.1. The Bertz CT molecular complexity index is 1370. The molecule has 44 heavy (non-hydrogen) atoms. The molecule has 0 saturated heterocycles. The largest absolute Gasteiger partial charge is 0.493 e. The molecular formula is C30H32Cl2N2O10. The molecule has 236 valence electrons. The van der Waals surface area contributed by atoms with Crippen LogP contribution in [-0.4, -0.2) is 84.0 Å². The van der Waals surface area contributed by atoms with E-state index in [1.165, 1.54) is 14.2 Å². The van der Waals surface area contributed by atoms with Gasteiger partial charge in [0.2, 0.25) is 0 Å². The van der Waals surface area contributed by atoms with Crippen LogP contribution in [0.1, 0.15) is 35.1 Å². The summed E-state index contributed by atoms with van der Waals surface area (Å²) < 4.78 is 23.0. The second-order valence-corrected chi connectivity index (χ2v) is 11.1. The molecule has 0 amide bonds. The molecule has 2 heterocycles. The zero-order valence-electron chi connectivity index (χ0n) is 24.1. The van der Waals surface area contributed by atoms with E-state index in [-0.39, 0.29) is 73.8 Å². The summed E-state index contributed by atoms with van der Waals surface area (Å²) in [7, 11) is 2.92. The molecule has 0 bridgehead atoms. The molecular weight excluding hydrogens is 619 g/mol. The van der Waals surface area contributed by atoms with Crippen molar-refractivity contribution < 1.29 is 48.3 Å². The molecule has 4 rings (SSSR count). The summed E-state index contributed by atoms with van der Waals surface area (Å²) in [6.07, 6.45) is 0.859. The van der Waals surface area contributed by atoms with Gasteiger partial charge in [0.05, 0.1) is 24.3 Å². The Morgan fingerprint density at radius 1 is 0.818 bits per heavy atom. The number of benzene rings is 2. The molecule has 2 aliphatic rings. The SMILES string of the molecule is C=C(COc1c(OC)cc2c(c1Cl)CN(C(CC=O)C(=O)O)C2)COc1c(OC)cc2c(c1Cl)CN(C(CC=O)C(=O)O)C2. The lowest BCUT2D eigenvalue weighted by molar-refractivity contribution is -0.145. The second kappa shape index (κ2) is 14.3. The number of carbonyl (C=O) groups excluding carboxylic acids is 2. The standard InChI is InChI=1S/C30H32Cl2N2O10/c1-16(14-43-27-23(41-2)8-17-10-33(12-19(17)25(27)31)21(4-6-35)29(37)38)15-44-28-24(42-3)9-18-11-34(13-20(18)26(28)32)22(5-7-36)30(39)40/h6-9,21-22H,1,4-5,10-15H2,2-3H3,(H,37,38)(H,39,40). The fourth-order valence-corrected chi connectivity index (χ4v) is 6.03. The lowest BCUT2D eigenvalue weighted by Crippen LogP contribution is -2.37. The lowest BCUT2D eigenvalue weighted by atomic mass is 10.1.